The van der Waals surface area contributed by atoms with Crippen molar-refractivity contribution in [3.63, 3.8) is 0 Å². The highest BCUT2D eigenvalue weighted by Crippen LogP contribution is 2.29. The molecule has 0 aromatic heterocycles. The Morgan fingerprint density at radius 1 is 0.720 bits per heavy atom. The van der Waals surface area contributed by atoms with Crippen LogP contribution in [-0.4, -0.2) is 6.04 Å². The van der Waals surface area contributed by atoms with Gasteiger partial charge in [-0.1, -0.05) is 78.9 Å². The highest BCUT2D eigenvalue weighted by atomic mass is 15.2. The zero-order chi connectivity index (χ0) is 17.9. The molecule has 1 heteroatoms. The quantitative estimate of drug-likeness (QED) is 0.562. The van der Waals surface area contributed by atoms with E-state index in [-0.39, 0.29) is 6.04 Å². The van der Waals surface area contributed by atoms with Gasteiger partial charge in [0.1, 0.15) is 0 Å². The van der Waals surface area contributed by atoms with Crippen LogP contribution in [0, 0.1) is 6.92 Å². The average Bonchev–Trinajstić information content (AvgIpc) is 2.93. The molecule has 0 amide bonds. The molecule has 2 aromatic carbocycles. The fourth-order valence-electron chi connectivity index (χ4n) is 2.58. The van der Waals surface area contributed by atoms with Gasteiger partial charge in [-0.15, -0.1) is 0 Å². The predicted molar refractivity (Wildman–Crippen MR) is 111 cm³/mol. The Morgan fingerprint density at radius 3 is 1.88 bits per heavy atom. The number of para-hydroxylation sites is 1. The van der Waals surface area contributed by atoms with E-state index in [0.29, 0.717) is 0 Å². The van der Waals surface area contributed by atoms with Crippen LogP contribution in [0.4, 0.5) is 11.4 Å². The Morgan fingerprint density at radius 2 is 1.32 bits per heavy atom. The molecule has 0 atom stereocenters. The van der Waals surface area contributed by atoms with Crippen LogP contribution in [0.3, 0.4) is 0 Å². The highest BCUT2D eigenvalue weighted by Gasteiger charge is 2.16. The SMILES string of the molecule is C/C=C\C.Cc1cccc(N(c2ccccc2)C2C=CC=CC=C2)c1. The number of benzene rings is 2. The molecule has 1 aliphatic rings. The van der Waals surface area contributed by atoms with Gasteiger partial charge in [-0.2, -0.15) is 0 Å². The van der Waals surface area contributed by atoms with Gasteiger partial charge in [0.2, 0.25) is 0 Å². The van der Waals surface area contributed by atoms with E-state index in [4.69, 9.17) is 0 Å². The van der Waals surface area contributed by atoms with Crippen LogP contribution in [0.15, 0.2) is 103 Å². The maximum atomic E-state index is 2.35. The summed E-state index contributed by atoms with van der Waals surface area (Å²) >= 11 is 0. The Hall–Kier alpha value is -2.80. The molecule has 0 N–H and O–H groups in total. The highest BCUT2D eigenvalue weighted by molar-refractivity contribution is 5.66. The van der Waals surface area contributed by atoms with E-state index in [9.17, 15) is 0 Å². The molecule has 0 fully saturated rings. The molecule has 0 aliphatic heterocycles. The standard InChI is InChI=1S/C20H19N.C4H8/c1-17-10-9-15-20(16-17)21(19-13-7-4-8-14-19)18-11-5-2-3-6-12-18;1-3-4-2/h2-16,18H,1H3;3-4H,1-2H3/b;4-3-. The number of allylic oxidation sites excluding steroid dienone is 6. The van der Waals surface area contributed by atoms with Crippen LogP contribution in [0.1, 0.15) is 19.4 Å². The molecule has 2 aromatic rings. The van der Waals surface area contributed by atoms with Gasteiger partial charge in [0.15, 0.2) is 0 Å². The number of nitrogens with zero attached hydrogens (tertiary/aromatic N) is 1. The molecular formula is C24H27N. The van der Waals surface area contributed by atoms with Gasteiger partial charge in [-0.25, -0.2) is 0 Å². The molecule has 0 bridgehead atoms. The number of hydrogen-bond donors (Lipinski definition) is 0. The summed E-state index contributed by atoms with van der Waals surface area (Å²) in [6.07, 6.45) is 16.8. The van der Waals surface area contributed by atoms with Crippen LogP contribution in [0.2, 0.25) is 0 Å². The molecular weight excluding hydrogens is 302 g/mol. The van der Waals surface area contributed by atoms with E-state index in [1.807, 2.05) is 26.0 Å². The first-order valence-corrected chi connectivity index (χ1v) is 8.76. The molecule has 0 radical (unpaired) electrons. The fraction of sp³-hybridized carbons (Fsp3) is 0.167. The van der Waals surface area contributed by atoms with E-state index in [2.05, 4.69) is 103 Å². The van der Waals surface area contributed by atoms with Crippen LogP contribution >= 0.6 is 0 Å². The van der Waals surface area contributed by atoms with Gasteiger partial charge in [0.05, 0.1) is 6.04 Å². The summed E-state index contributed by atoms with van der Waals surface area (Å²) in [6.45, 7) is 6.13. The first kappa shape index (κ1) is 18.5. The van der Waals surface area contributed by atoms with Crippen LogP contribution < -0.4 is 4.90 Å². The van der Waals surface area contributed by atoms with E-state index in [1.54, 1.807) is 0 Å². The van der Waals surface area contributed by atoms with Crippen molar-refractivity contribution in [2.24, 2.45) is 0 Å². The van der Waals surface area contributed by atoms with E-state index in [0.717, 1.165) is 0 Å². The number of rotatable bonds is 3. The van der Waals surface area contributed by atoms with Crippen molar-refractivity contribution in [1.82, 2.24) is 0 Å². The molecule has 128 valence electrons. The first-order valence-electron chi connectivity index (χ1n) is 8.76. The second kappa shape index (κ2) is 10.1. The van der Waals surface area contributed by atoms with Crippen molar-refractivity contribution in [2.75, 3.05) is 4.90 Å². The topological polar surface area (TPSA) is 3.24 Å². The number of aryl methyl sites for hydroxylation is 1. The lowest BCUT2D eigenvalue weighted by Crippen LogP contribution is -2.27. The lowest BCUT2D eigenvalue weighted by Gasteiger charge is -2.30. The molecule has 0 saturated carbocycles. The molecule has 1 nitrogen and oxygen atoms in total. The smallest absolute Gasteiger partial charge is 0.0712 e. The van der Waals surface area contributed by atoms with E-state index in [1.165, 1.54) is 16.9 Å². The van der Waals surface area contributed by atoms with Crippen molar-refractivity contribution >= 4 is 11.4 Å². The zero-order valence-corrected chi connectivity index (χ0v) is 15.3. The van der Waals surface area contributed by atoms with Crippen molar-refractivity contribution in [3.8, 4) is 0 Å². The number of hydrogen-bond acceptors (Lipinski definition) is 1. The molecule has 0 saturated heterocycles. The molecule has 0 unspecified atom stereocenters. The molecule has 25 heavy (non-hydrogen) atoms. The summed E-state index contributed by atoms with van der Waals surface area (Å²) in [7, 11) is 0. The van der Waals surface area contributed by atoms with Gasteiger partial charge in [0.25, 0.3) is 0 Å². The van der Waals surface area contributed by atoms with Crippen LogP contribution in [0.25, 0.3) is 0 Å². The minimum atomic E-state index is 0.212. The summed E-state index contributed by atoms with van der Waals surface area (Å²) in [5.41, 5.74) is 3.68. The molecule has 0 heterocycles. The lowest BCUT2D eigenvalue weighted by atomic mass is 10.1. The Bertz CT molecular complexity index is 731. The summed E-state index contributed by atoms with van der Waals surface area (Å²) in [5.74, 6) is 0. The third-order valence-electron chi connectivity index (χ3n) is 3.90. The summed E-state index contributed by atoms with van der Waals surface area (Å²) in [6, 6.07) is 19.4. The normalized spacial score (nSPS) is 13.4. The Labute approximate surface area is 152 Å². The summed E-state index contributed by atoms with van der Waals surface area (Å²) < 4.78 is 0. The first-order chi connectivity index (χ1) is 12.3. The molecule has 3 rings (SSSR count). The van der Waals surface area contributed by atoms with Crippen LogP contribution in [0.5, 0.6) is 0 Å². The maximum Gasteiger partial charge on any atom is 0.0712 e. The Balaban J connectivity index is 0.000000511. The summed E-state index contributed by atoms with van der Waals surface area (Å²) in [4.78, 5) is 2.35. The fourth-order valence-corrected chi connectivity index (χ4v) is 2.58. The summed E-state index contributed by atoms with van der Waals surface area (Å²) in [5, 5.41) is 0. The van der Waals surface area contributed by atoms with Crippen molar-refractivity contribution < 1.29 is 0 Å². The predicted octanol–water partition coefficient (Wildman–Crippen LogP) is 6.77. The number of anilines is 2. The Kier molecular flexibility index (Phi) is 7.52. The van der Waals surface area contributed by atoms with Gasteiger partial charge >= 0.3 is 0 Å². The largest absolute Gasteiger partial charge is 0.331 e. The molecule has 1 aliphatic carbocycles. The monoisotopic (exact) mass is 329 g/mol. The average molecular weight is 329 g/mol. The second-order valence-corrected chi connectivity index (χ2v) is 5.86. The van der Waals surface area contributed by atoms with Gasteiger partial charge < -0.3 is 4.90 Å². The minimum Gasteiger partial charge on any atom is -0.331 e. The van der Waals surface area contributed by atoms with Crippen molar-refractivity contribution in [3.05, 3.63) is 109 Å². The van der Waals surface area contributed by atoms with Crippen molar-refractivity contribution in [2.45, 2.75) is 26.8 Å². The van der Waals surface area contributed by atoms with Crippen LogP contribution in [-0.2, 0) is 0 Å². The molecule has 0 spiro atoms. The lowest BCUT2D eigenvalue weighted by molar-refractivity contribution is 0.943. The van der Waals surface area contributed by atoms with Gasteiger partial charge in [-0.3, -0.25) is 0 Å². The zero-order valence-electron chi connectivity index (χ0n) is 15.3. The van der Waals surface area contributed by atoms with E-state index < -0.39 is 0 Å². The van der Waals surface area contributed by atoms with E-state index >= 15 is 0 Å². The third kappa shape index (κ3) is 5.65. The van der Waals surface area contributed by atoms with Gasteiger partial charge in [-0.05, 0) is 50.6 Å². The van der Waals surface area contributed by atoms with Crippen molar-refractivity contribution in [1.29, 1.82) is 0 Å². The maximum absolute atomic E-state index is 2.35. The second-order valence-electron chi connectivity index (χ2n) is 5.86. The van der Waals surface area contributed by atoms with Gasteiger partial charge in [0, 0.05) is 11.4 Å². The minimum absolute atomic E-state index is 0.212. The third-order valence-corrected chi connectivity index (χ3v) is 3.90.